The molecule has 6 N–H and O–H groups in total. The van der Waals surface area contributed by atoms with Gasteiger partial charge in [0.15, 0.2) is 6.29 Å². The summed E-state index contributed by atoms with van der Waals surface area (Å²) in [5, 5.41) is 18.2. The fourth-order valence-corrected chi connectivity index (χ4v) is 7.35. The maximum atomic E-state index is 12.6. The van der Waals surface area contributed by atoms with Crippen molar-refractivity contribution < 1.29 is 29.0 Å². The number of benzene rings is 5. The Labute approximate surface area is 332 Å². The van der Waals surface area contributed by atoms with E-state index in [-0.39, 0.29) is 36.5 Å². The van der Waals surface area contributed by atoms with E-state index in [1.54, 1.807) is 23.9 Å². The average molecular weight is 773 g/mol. The van der Waals surface area contributed by atoms with Crippen LogP contribution in [0.1, 0.15) is 73.7 Å². The van der Waals surface area contributed by atoms with Gasteiger partial charge < -0.3 is 36.3 Å². The zero-order chi connectivity index (χ0) is 39.3. The van der Waals surface area contributed by atoms with Crippen LogP contribution in [0.4, 0.5) is 17.1 Å². The minimum Gasteiger partial charge on any atom is -0.397 e. The van der Waals surface area contributed by atoms with E-state index in [1.165, 1.54) is 6.92 Å². The summed E-state index contributed by atoms with van der Waals surface area (Å²) in [7, 11) is 0. The highest BCUT2D eigenvalue weighted by molar-refractivity contribution is 7.99. The summed E-state index contributed by atoms with van der Waals surface area (Å²) in [6.45, 7) is 1.88. The quantitative estimate of drug-likeness (QED) is 0.0380. The van der Waals surface area contributed by atoms with Crippen LogP contribution < -0.4 is 21.7 Å². The zero-order valence-electron chi connectivity index (χ0n) is 31.4. The van der Waals surface area contributed by atoms with Gasteiger partial charge in [0, 0.05) is 54.6 Å². The number of nitrogen functional groups attached to an aromatic ring is 1. The summed E-state index contributed by atoms with van der Waals surface area (Å²) in [5.74, 6) is 0.434. The third-order valence-electron chi connectivity index (χ3n) is 9.45. The highest BCUT2D eigenvalue weighted by atomic mass is 32.2. The molecule has 0 saturated carbocycles. The molecule has 1 heterocycles. The summed E-state index contributed by atoms with van der Waals surface area (Å²) < 4.78 is 13.1. The Morgan fingerprint density at radius 2 is 1.46 bits per heavy atom. The molecule has 6 rings (SSSR count). The van der Waals surface area contributed by atoms with Gasteiger partial charge in [-0.15, -0.1) is 11.8 Å². The second-order valence-electron chi connectivity index (χ2n) is 13.8. The first kappa shape index (κ1) is 40.2. The summed E-state index contributed by atoms with van der Waals surface area (Å²) in [6.07, 6.45) is 1.68. The van der Waals surface area contributed by atoms with Gasteiger partial charge in [0.2, 0.25) is 17.7 Å². The van der Waals surface area contributed by atoms with E-state index in [0.29, 0.717) is 55.8 Å². The number of rotatable bonds is 16. The lowest BCUT2D eigenvalue weighted by Crippen LogP contribution is -2.31. The van der Waals surface area contributed by atoms with Gasteiger partial charge in [0.25, 0.3) is 0 Å². The van der Waals surface area contributed by atoms with Crippen molar-refractivity contribution in [3.05, 3.63) is 144 Å². The largest absolute Gasteiger partial charge is 0.397 e. The van der Waals surface area contributed by atoms with E-state index < -0.39 is 6.29 Å². The number of aliphatic hydroxyl groups excluding tert-OH is 1. The third kappa shape index (κ3) is 11.8. The van der Waals surface area contributed by atoms with Crippen molar-refractivity contribution in [3.8, 4) is 11.1 Å². The monoisotopic (exact) mass is 772 g/mol. The molecule has 0 bridgehead atoms. The number of ether oxygens (including phenoxy) is 2. The van der Waals surface area contributed by atoms with Crippen LogP contribution in [0, 0.1) is 0 Å². The fourth-order valence-electron chi connectivity index (χ4n) is 6.43. The van der Waals surface area contributed by atoms with Gasteiger partial charge in [-0.05, 0) is 83.1 Å². The third-order valence-corrected chi connectivity index (χ3v) is 10.6. The van der Waals surface area contributed by atoms with Crippen LogP contribution in [-0.4, -0.2) is 34.7 Å². The molecule has 1 aliphatic heterocycles. The van der Waals surface area contributed by atoms with Crippen molar-refractivity contribution in [3.63, 3.8) is 0 Å². The standard InChI is InChI=1S/C45H48N4O6S/c1-30(51)48-37-21-23-39(24-22-37)56-29-38-26-42(34-15-13-31(28-50)14-16-34)55-45(54-38)35-19-17-33(18-20-35)36-8-6-7-32(25-36)27-47-43(52)11-4-5-12-44(53)49-41-10-3-2-9-40(41)46/h2-3,6-10,13-25,38,42,45,50H,4-5,11-12,26-29,46H2,1H3,(H,47,52)(H,48,51)(H,49,53)/t38-,42+,45+/m0/s1. The number of carbonyl (C=O) groups excluding carboxylic acids is 3. The van der Waals surface area contributed by atoms with E-state index in [9.17, 15) is 19.5 Å². The highest BCUT2D eigenvalue weighted by Gasteiger charge is 2.32. The second-order valence-corrected chi connectivity index (χ2v) is 14.9. The molecule has 10 nitrogen and oxygen atoms in total. The number of nitrogens with two attached hydrogens (primary N) is 1. The number of para-hydroxylation sites is 2. The molecule has 0 aromatic heterocycles. The second kappa shape index (κ2) is 19.9. The number of carbonyl (C=O) groups is 3. The Bertz CT molecular complexity index is 2070. The minimum absolute atomic E-state index is 0.0169. The molecule has 1 fully saturated rings. The number of nitrogens with one attached hydrogen (secondary N) is 3. The first-order valence-corrected chi connectivity index (χ1v) is 19.8. The Kier molecular flexibility index (Phi) is 14.3. The number of amides is 3. The van der Waals surface area contributed by atoms with E-state index in [4.69, 9.17) is 15.2 Å². The van der Waals surface area contributed by atoms with Gasteiger partial charge in [-0.25, -0.2) is 0 Å². The van der Waals surface area contributed by atoms with Crippen molar-refractivity contribution in [2.45, 2.75) is 75.6 Å². The number of thioether (sulfide) groups is 1. The van der Waals surface area contributed by atoms with Crippen LogP contribution in [0.5, 0.6) is 0 Å². The van der Waals surface area contributed by atoms with Gasteiger partial charge in [-0.1, -0.05) is 78.9 Å². The van der Waals surface area contributed by atoms with Crippen LogP contribution in [0.15, 0.2) is 126 Å². The van der Waals surface area contributed by atoms with Crippen LogP contribution >= 0.6 is 11.8 Å². The summed E-state index contributed by atoms with van der Waals surface area (Å²) in [5.41, 5.74) is 13.6. The smallest absolute Gasteiger partial charge is 0.224 e. The molecule has 0 unspecified atom stereocenters. The molecule has 0 radical (unpaired) electrons. The molecular formula is C45H48N4O6S. The number of hydrogen-bond acceptors (Lipinski definition) is 8. The molecule has 5 aromatic rings. The summed E-state index contributed by atoms with van der Waals surface area (Å²) in [6, 6.07) is 39.1. The molecule has 56 heavy (non-hydrogen) atoms. The van der Waals surface area contributed by atoms with Crippen LogP contribution in [0.25, 0.3) is 11.1 Å². The molecule has 0 spiro atoms. The van der Waals surface area contributed by atoms with Gasteiger partial charge in [-0.3, -0.25) is 14.4 Å². The average Bonchev–Trinajstić information content (AvgIpc) is 3.22. The van der Waals surface area contributed by atoms with Gasteiger partial charge in [0.05, 0.1) is 30.2 Å². The lowest BCUT2D eigenvalue weighted by atomic mass is 9.99. The predicted octanol–water partition coefficient (Wildman–Crippen LogP) is 8.54. The van der Waals surface area contributed by atoms with E-state index in [0.717, 1.165) is 44.0 Å². The number of hydrogen-bond donors (Lipinski definition) is 5. The summed E-state index contributed by atoms with van der Waals surface area (Å²) in [4.78, 5) is 37.3. The molecule has 1 saturated heterocycles. The van der Waals surface area contributed by atoms with Gasteiger partial charge in [0.1, 0.15) is 0 Å². The molecule has 290 valence electrons. The molecule has 3 amide bonds. The molecule has 0 aliphatic carbocycles. The van der Waals surface area contributed by atoms with Crippen molar-refractivity contribution in [2.24, 2.45) is 0 Å². The number of unbranched alkanes of at least 4 members (excludes halogenated alkanes) is 1. The molecular weight excluding hydrogens is 725 g/mol. The van der Waals surface area contributed by atoms with Crippen molar-refractivity contribution in [2.75, 3.05) is 22.1 Å². The topological polar surface area (TPSA) is 152 Å². The molecule has 1 aliphatic rings. The van der Waals surface area contributed by atoms with Crippen molar-refractivity contribution in [1.82, 2.24) is 5.32 Å². The zero-order valence-corrected chi connectivity index (χ0v) is 32.2. The van der Waals surface area contributed by atoms with Crippen molar-refractivity contribution in [1.29, 1.82) is 0 Å². The predicted molar refractivity (Wildman–Crippen MR) is 222 cm³/mol. The maximum Gasteiger partial charge on any atom is 0.224 e. The first-order valence-electron chi connectivity index (χ1n) is 18.8. The Morgan fingerprint density at radius 3 is 2.18 bits per heavy atom. The lowest BCUT2D eigenvalue weighted by Gasteiger charge is -2.36. The van der Waals surface area contributed by atoms with E-state index in [2.05, 4.69) is 34.1 Å². The molecule has 3 atom stereocenters. The van der Waals surface area contributed by atoms with Crippen LogP contribution in [0.3, 0.4) is 0 Å². The number of anilines is 3. The normalized spacial score (nSPS) is 16.5. The highest BCUT2D eigenvalue weighted by Crippen LogP contribution is 2.40. The van der Waals surface area contributed by atoms with Gasteiger partial charge >= 0.3 is 0 Å². The first-order chi connectivity index (χ1) is 27.2. The lowest BCUT2D eigenvalue weighted by molar-refractivity contribution is -0.245. The Balaban J connectivity index is 1.03. The van der Waals surface area contributed by atoms with Crippen molar-refractivity contribution >= 4 is 46.5 Å². The van der Waals surface area contributed by atoms with Gasteiger partial charge in [-0.2, -0.15) is 0 Å². The summed E-state index contributed by atoms with van der Waals surface area (Å²) >= 11 is 1.70. The van der Waals surface area contributed by atoms with Crippen LogP contribution in [-0.2, 0) is 37.0 Å². The SMILES string of the molecule is CC(=O)Nc1ccc(SC[C@@H]2C[C@H](c3ccc(CO)cc3)O[C@H](c3ccc(-c4cccc(CNC(=O)CCCCC(=O)Nc5ccccc5N)c4)cc3)O2)cc1. The Morgan fingerprint density at radius 1 is 0.750 bits per heavy atom. The number of aliphatic hydroxyl groups is 1. The molecule has 5 aromatic carbocycles. The van der Waals surface area contributed by atoms with Crippen LogP contribution in [0.2, 0.25) is 0 Å². The maximum absolute atomic E-state index is 12.6. The van der Waals surface area contributed by atoms with E-state index in [1.807, 2.05) is 91.0 Å². The Hall–Kier alpha value is -5.46. The molecule has 11 heteroatoms. The fraction of sp³-hybridized carbons (Fsp3) is 0.267. The van der Waals surface area contributed by atoms with E-state index >= 15 is 0 Å². The minimum atomic E-state index is -0.577.